The molecule has 0 bridgehead atoms. The Morgan fingerprint density at radius 1 is 1.36 bits per heavy atom. The number of anilines is 1. The standard InChI is InChI=1S/C14H19N5O3/c1-9-10(7-15-19(9)14(2,3)4)13(22)16-11-5-6-18(17-11)8-12(20)21/h5-7H,8H2,1-4H3,(H,20,21)(H,16,17,22). The fourth-order valence-electron chi connectivity index (χ4n) is 2.15. The summed E-state index contributed by atoms with van der Waals surface area (Å²) in [6.07, 6.45) is 3.01. The molecule has 2 aromatic rings. The molecule has 0 fully saturated rings. The highest BCUT2D eigenvalue weighted by molar-refractivity contribution is 6.04. The van der Waals surface area contributed by atoms with Crippen molar-refractivity contribution in [1.29, 1.82) is 0 Å². The second kappa shape index (κ2) is 5.63. The van der Waals surface area contributed by atoms with Crippen LogP contribution in [0.25, 0.3) is 0 Å². The Hall–Kier alpha value is -2.64. The molecule has 118 valence electrons. The van der Waals surface area contributed by atoms with E-state index in [1.807, 2.05) is 27.7 Å². The van der Waals surface area contributed by atoms with E-state index in [2.05, 4.69) is 15.5 Å². The van der Waals surface area contributed by atoms with E-state index in [1.165, 1.54) is 17.1 Å². The monoisotopic (exact) mass is 305 g/mol. The van der Waals surface area contributed by atoms with Gasteiger partial charge in [0.2, 0.25) is 0 Å². The molecule has 2 N–H and O–H groups in total. The van der Waals surface area contributed by atoms with E-state index in [0.29, 0.717) is 11.4 Å². The summed E-state index contributed by atoms with van der Waals surface area (Å²) in [5, 5.41) is 19.6. The normalized spacial score (nSPS) is 11.5. The number of rotatable bonds is 4. The Kier molecular flexibility index (Phi) is 4.03. The molecule has 0 unspecified atom stereocenters. The van der Waals surface area contributed by atoms with Crippen molar-refractivity contribution in [3.05, 3.63) is 29.7 Å². The topological polar surface area (TPSA) is 102 Å². The number of hydrogen-bond acceptors (Lipinski definition) is 4. The van der Waals surface area contributed by atoms with E-state index in [4.69, 9.17) is 5.11 Å². The number of nitrogens with zero attached hydrogens (tertiary/aromatic N) is 4. The van der Waals surface area contributed by atoms with Crippen LogP contribution in [0.2, 0.25) is 0 Å². The van der Waals surface area contributed by atoms with Gasteiger partial charge in [-0.2, -0.15) is 10.2 Å². The van der Waals surface area contributed by atoms with Crippen molar-refractivity contribution in [1.82, 2.24) is 19.6 Å². The summed E-state index contributed by atoms with van der Waals surface area (Å²) < 4.78 is 3.02. The molecule has 0 aliphatic heterocycles. The Morgan fingerprint density at radius 2 is 2.05 bits per heavy atom. The van der Waals surface area contributed by atoms with Crippen LogP contribution in [0.15, 0.2) is 18.5 Å². The van der Waals surface area contributed by atoms with E-state index in [9.17, 15) is 9.59 Å². The summed E-state index contributed by atoms with van der Waals surface area (Å²) in [7, 11) is 0. The number of carboxylic acids is 1. The van der Waals surface area contributed by atoms with Gasteiger partial charge in [0.15, 0.2) is 5.82 Å². The summed E-state index contributed by atoms with van der Waals surface area (Å²) in [5.74, 6) is -1.02. The van der Waals surface area contributed by atoms with Gasteiger partial charge in [-0.25, -0.2) is 0 Å². The minimum Gasteiger partial charge on any atom is -0.480 e. The quantitative estimate of drug-likeness (QED) is 0.890. The lowest BCUT2D eigenvalue weighted by Crippen LogP contribution is -2.25. The van der Waals surface area contributed by atoms with Crippen LogP contribution in [0.4, 0.5) is 5.82 Å². The molecule has 2 rings (SSSR count). The van der Waals surface area contributed by atoms with Gasteiger partial charge in [0.1, 0.15) is 6.54 Å². The summed E-state index contributed by atoms with van der Waals surface area (Å²) in [5.41, 5.74) is 1.00. The number of aromatic nitrogens is 4. The molecular formula is C14H19N5O3. The number of carbonyl (C=O) groups excluding carboxylic acids is 1. The molecule has 8 nitrogen and oxygen atoms in total. The molecule has 0 saturated carbocycles. The lowest BCUT2D eigenvalue weighted by Gasteiger charge is -2.21. The van der Waals surface area contributed by atoms with Gasteiger partial charge in [-0.05, 0) is 27.7 Å². The molecule has 2 aromatic heterocycles. The number of aliphatic carboxylic acids is 1. The largest absolute Gasteiger partial charge is 0.480 e. The second-order valence-corrected chi connectivity index (χ2v) is 5.97. The molecule has 0 aromatic carbocycles. The highest BCUT2D eigenvalue weighted by atomic mass is 16.4. The Labute approximate surface area is 127 Å². The third-order valence-corrected chi connectivity index (χ3v) is 3.07. The maximum atomic E-state index is 12.3. The van der Waals surface area contributed by atoms with Gasteiger partial charge in [0.05, 0.1) is 17.3 Å². The van der Waals surface area contributed by atoms with E-state index >= 15 is 0 Å². The molecular weight excluding hydrogens is 286 g/mol. The average Bonchev–Trinajstić information content (AvgIpc) is 2.94. The number of carboxylic acid groups (broad SMARTS) is 1. The van der Waals surface area contributed by atoms with Crippen LogP contribution in [0, 0.1) is 6.92 Å². The summed E-state index contributed by atoms with van der Waals surface area (Å²) in [6, 6.07) is 1.55. The lowest BCUT2D eigenvalue weighted by atomic mass is 10.1. The number of hydrogen-bond donors (Lipinski definition) is 2. The van der Waals surface area contributed by atoms with Gasteiger partial charge < -0.3 is 10.4 Å². The van der Waals surface area contributed by atoms with E-state index in [0.717, 1.165) is 5.69 Å². The van der Waals surface area contributed by atoms with E-state index < -0.39 is 5.97 Å². The second-order valence-electron chi connectivity index (χ2n) is 5.97. The number of nitrogens with one attached hydrogen (secondary N) is 1. The summed E-state index contributed by atoms with van der Waals surface area (Å²) in [4.78, 5) is 22.9. The van der Waals surface area contributed by atoms with Crippen LogP contribution in [-0.4, -0.2) is 36.5 Å². The fourth-order valence-corrected chi connectivity index (χ4v) is 2.15. The summed E-state index contributed by atoms with van der Waals surface area (Å²) in [6.45, 7) is 7.58. The molecule has 0 aliphatic carbocycles. The number of amides is 1. The molecule has 22 heavy (non-hydrogen) atoms. The van der Waals surface area contributed by atoms with Gasteiger partial charge in [0, 0.05) is 18.0 Å². The van der Waals surface area contributed by atoms with Crippen LogP contribution >= 0.6 is 0 Å². The number of carbonyl (C=O) groups is 2. The Morgan fingerprint density at radius 3 is 2.59 bits per heavy atom. The zero-order chi connectivity index (χ0) is 16.5. The van der Waals surface area contributed by atoms with Gasteiger partial charge in [-0.1, -0.05) is 0 Å². The molecule has 0 radical (unpaired) electrons. The first-order valence-corrected chi connectivity index (χ1v) is 6.80. The first-order chi connectivity index (χ1) is 10.2. The van der Waals surface area contributed by atoms with Gasteiger partial charge in [0.25, 0.3) is 5.91 Å². The Balaban J connectivity index is 2.14. The molecule has 0 atom stereocenters. The van der Waals surface area contributed by atoms with Crippen molar-refractivity contribution < 1.29 is 14.7 Å². The maximum Gasteiger partial charge on any atom is 0.325 e. The highest BCUT2D eigenvalue weighted by Crippen LogP contribution is 2.19. The predicted molar refractivity (Wildman–Crippen MR) is 79.8 cm³/mol. The van der Waals surface area contributed by atoms with Crippen LogP contribution in [0.5, 0.6) is 0 Å². The Bertz CT molecular complexity index is 708. The van der Waals surface area contributed by atoms with Gasteiger partial charge in [-0.15, -0.1) is 0 Å². The van der Waals surface area contributed by atoms with Crippen molar-refractivity contribution in [2.75, 3.05) is 5.32 Å². The fraction of sp³-hybridized carbons (Fsp3) is 0.429. The molecule has 1 amide bonds. The predicted octanol–water partition coefficient (Wildman–Crippen LogP) is 1.48. The van der Waals surface area contributed by atoms with Crippen LogP contribution in [-0.2, 0) is 16.9 Å². The van der Waals surface area contributed by atoms with Crippen molar-refractivity contribution in [2.45, 2.75) is 39.8 Å². The van der Waals surface area contributed by atoms with Crippen LogP contribution in [0.1, 0.15) is 36.8 Å². The molecule has 2 heterocycles. The van der Waals surface area contributed by atoms with Crippen LogP contribution in [0.3, 0.4) is 0 Å². The van der Waals surface area contributed by atoms with Gasteiger partial charge >= 0.3 is 5.97 Å². The minimum atomic E-state index is -0.997. The third kappa shape index (κ3) is 3.33. The molecule has 0 saturated heterocycles. The molecule has 8 heteroatoms. The van der Waals surface area contributed by atoms with Crippen molar-refractivity contribution in [2.24, 2.45) is 0 Å². The van der Waals surface area contributed by atoms with Gasteiger partial charge in [-0.3, -0.25) is 19.0 Å². The molecule has 0 aliphatic rings. The first kappa shape index (κ1) is 15.7. The maximum absolute atomic E-state index is 12.3. The average molecular weight is 305 g/mol. The third-order valence-electron chi connectivity index (χ3n) is 3.07. The first-order valence-electron chi connectivity index (χ1n) is 6.80. The molecule has 0 spiro atoms. The van der Waals surface area contributed by atoms with Crippen molar-refractivity contribution in [3.8, 4) is 0 Å². The minimum absolute atomic E-state index is 0.217. The van der Waals surface area contributed by atoms with Crippen LogP contribution < -0.4 is 5.32 Å². The van der Waals surface area contributed by atoms with Crippen molar-refractivity contribution >= 4 is 17.7 Å². The zero-order valence-corrected chi connectivity index (χ0v) is 13.0. The highest BCUT2D eigenvalue weighted by Gasteiger charge is 2.21. The lowest BCUT2D eigenvalue weighted by molar-refractivity contribution is -0.137. The van der Waals surface area contributed by atoms with E-state index in [-0.39, 0.29) is 18.0 Å². The SMILES string of the molecule is Cc1c(C(=O)Nc2ccn(CC(=O)O)n2)cnn1C(C)(C)C. The van der Waals surface area contributed by atoms with Crippen molar-refractivity contribution in [3.63, 3.8) is 0 Å². The van der Waals surface area contributed by atoms with E-state index in [1.54, 1.807) is 10.7 Å². The summed E-state index contributed by atoms with van der Waals surface area (Å²) >= 11 is 0. The zero-order valence-electron chi connectivity index (χ0n) is 13.0. The smallest absolute Gasteiger partial charge is 0.325 e.